The van der Waals surface area contributed by atoms with Crippen LogP contribution in [-0.2, 0) is 11.3 Å². The first-order valence-corrected chi connectivity index (χ1v) is 11.3. The predicted octanol–water partition coefficient (Wildman–Crippen LogP) is 4.91. The number of amides is 1. The van der Waals surface area contributed by atoms with Gasteiger partial charge in [-0.05, 0) is 50.2 Å². The lowest BCUT2D eigenvalue weighted by molar-refractivity contribution is -0.121. The Morgan fingerprint density at radius 1 is 1.12 bits per heavy atom. The molecule has 1 saturated heterocycles. The fourth-order valence-electron chi connectivity index (χ4n) is 3.77. The molecule has 1 aromatic heterocycles. The summed E-state index contributed by atoms with van der Waals surface area (Å²) in [7, 11) is 3.05. The van der Waals surface area contributed by atoms with Crippen molar-refractivity contribution >= 4 is 34.8 Å². The largest absolute Gasteiger partial charge is 0.495 e. The fraction of sp³-hybridized carbons (Fsp3) is 0.348. The highest BCUT2D eigenvalue weighted by atomic mass is 35.5. The van der Waals surface area contributed by atoms with Crippen LogP contribution in [0.5, 0.6) is 11.5 Å². The monoisotopic (exact) mass is 490 g/mol. The zero-order valence-corrected chi connectivity index (χ0v) is 19.8. The van der Waals surface area contributed by atoms with Crippen molar-refractivity contribution in [2.24, 2.45) is 5.92 Å². The van der Waals surface area contributed by atoms with Crippen LogP contribution in [-0.4, -0.2) is 48.3 Å². The third kappa shape index (κ3) is 5.58. The molecule has 174 valence electrons. The van der Waals surface area contributed by atoms with Crippen LogP contribution in [0.15, 0.2) is 40.9 Å². The van der Waals surface area contributed by atoms with Crippen molar-refractivity contribution in [2.75, 3.05) is 32.6 Å². The van der Waals surface area contributed by atoms with Crippen molar-refractivity contribution in [3.05, 3.63) is 52.3 Å². The third-order valence-corrected chi connectivity index (χ3v) is 6.17. The van der Waals surface area contributed by atoms with Gasteiger partial charge in [-0.2, -0.15) is 4.98 Å². The number of methoxy groups -OCH3 is 2. The van der Waals surface area contributed by atoms with Crippen LogP contribution in [0.2, 0.25) is 10.0 Å². The molecule has 4 rings (SSSR count). The summed E-state index contributed by atoms with van der Waals surface area (Å²) in [4.78, 5) is 19.5. The van der Waals surface area contributed by atoms with Crippen molar-refractivity contribution in [1.82, 2.24) is 15.0 Å². The van der Waals surface area contributed by atoms with E-state index < -0.39 is 0 Å². The SMILES string of the molecule is COc1cc(NC(=O)C2CCN(Cc3nc(-c4ccc(Cl)cc4)no3)CC2)c(OC)cc1Cl. The summed E-state index contributed by atoms with van der Waals surface area (Å²) in [5, 5.41) is 8.08. The van der Waals surface area contributed by atoms with Gasteiger partial charge in [0.25, 0.3) is 0 Å². The molecule has 0 saturated carbocycles. The Morgan fingerprint density at radius 2 is 1.82 bits per heavy atom. The second kappa shape index (κ2) is 10.4. The quantitative estimate of drug-likeness (QED) is 0.502. The first kappa shape index (κ1) is 23.4. The number of carbonyl (C=O) groups is 1. The Bertz CT molecular complexity index is 1110. The van der Waals surface area contributed by atoms with Crippen molar-refractivity contribution in [1.29, 1.82) is 0 Å². The Hall–Kier alpha value is -2.81. The molecule has 1 amide bonds. The summed E-state index contributed by atoms with van der Waals surface area (Å²) in [6, 6.07) is 10.6. The summed E-state index contributed by atoms with van der Waals surface area (Å²) in [5.41, 5.74) is 1.38. The molecule has 0 unspecified atom stereocenters. The van der Waals surface area contributed by atoms with Gasteiger partial charge in [-0.15, -0.1) is 0 Å². The summed E-state index contributed by atoms with van der Waals surface area (Å²) in [6.07, 6.45) is 1.44. The van der Waals surface area contributed by atoms with Gasteiger partial charge in [0.15, 0.2) is 0 Å². The Balaban J connectivity index is 1.32. The van der Waals surface area contributed by atoms with E-state index in [2.05, 4.69) is 20.4 Å². The van der Waals surface area contributed by atoms with E-state index in [-0.39, 0.29) is 11.8 Å². The van der Waals surface area contributed by atoms with Gasteiger partial charge >= 0.3 is 0 Å². The molecule has 0 aliphatic carbocycles. The number of nitrogens with zero attached hydrogens (tertiary/aromatic N) is 3. The molecule has 0 atom stereocenters. The van der Waals surface area contributed by atoms with E-state index in [1.807, 2.05) is 12.1 Å². The van der Waals surface area contributed by atoms with Crippen LogP contribution in [0.4, 0.5) is 5.69 Å². The highest BCUT2D eigenvalue weighted by molar-refractivity contribution is 6.32. The number of anilines is 1. The molecular weight excluding hydrogens is 467 g/mol. The average molecular weight is 491 g/mol. The number of likely N-dealkylation sites (tertiary alicyclic amines) is 1. The number of ether oxygens (including phenoxy) is 2. The van der Waals surface area contributed by atoms with Crippen LogP contribution >= 0.6 is 23.2 Å². The van der Waals surface area contributed by atoms with Crippen LogP contribution in [0.1, 0.15) is 18.7 Å². The predicted molar refractivity (Wildman–Crippen MR) is 126 cm³/mol. The Kier molecular flexibility index (Phi) is 7.37. The fourth-order valence-corrected chi connectivity index (χ4v) is 4.13. The van der Waals surface area contributed by atoms with E-state index in [0.717, 1.165) is 31.5 Å². The van der Waals surface area contributed by atoms with Crippen LogP contribution in [0, 0.1) is 5.92 Å². The number of piperidine rings is 1. The molecule has 0 bridgehead atoms. The molecule has 0 radical (unpaired) electrons. The lowest BCUT2D eigenvalue weighted by Crippen LogP contribution is -2.37. The Morgan fingerprint density at radius 3 is 2.48 bits per heavy atom. The van der Waals surface area contributed by atoms with Gasteiger partial charge in [0.1, 0.15) is 11.5 Å². The van der Waals surface area contributed by atoms with Crippen LogP contribution in [0.3, 0.4) is 0 Å². The van der Waals surface area contributed by atoms with Gasteiger partial charge in [0, 0.05) is 28.6 Å². The van der Waals surface area contributed by atoms with Gasteiger partial charge in [0.05, 0.1) is 31.5 Å². The number of hydrogen-bond acceptors (Lipinski definition) is 7. The minimum atomic E-state index is -0.111. The molecule has 1 fully saturated rings. The molecule has 1 aliphatic rings. The molecule has 2 aromatic carbocycles. The van der Waals surface area contributed by atoms with Gasteiger partial charge in [-0.3, -0.25) is 9.69 Å². The highest BCUT2D eigenvalue weighted by Gasteiger charge is 2.27. The van der Waals surface area contributed by atoms with E-state index in [1.54, 1.807) is 24.3 Å². The number of hydrogen-bond donors (Lipinski definition) is 1. The summed E-state index contributed by atoms with van der Waals surface area (Å²) in [5.74, 6) is 1.86. The standard InChI is InChI=1S/C23H24Cl2N4O4/c1-31-19-12-18(20(32-2)11-17(19)25)26-23(30)15-7-9-29(10-8-15)13-21-27-22(28-33-21)14-3-5-16(24)6-4-14/h3-6,11-12,15H,7-10,13H2,1-2H3,(H,26,30). The van der Waals surface area contributed by atoms with Gasteiger partial charge < -0.3 is 19.3 Å². The van der Waals surface area contributed by atoms with Crippen molar-refractivity contribution < 1.29 is 18.8 Å². The number of benzene rings is 2. The molecule has 2 heterocycles. The molecule has 33 heavy (non-hydrogen) atoms. The zero-order chi connectivity index (χ0) is 23.4. The smallest absolute Gasteiger partial charge is 0.241 e. The van der Waals surface area contributed by atoms with Crippen molar-refractivity contribution in [2.45, 2.75) is 19.4 Å². The second-order valence-corrected chi connectivity index (χ2v) is 8.59. The minimum Gasteiger partial charge on any atom is -0.495 e. The van der Waals surface area contributed by atoms with E-state index in [4.69, 9.17) is 37.2 Å². The third-order valence-electron chi connectivity index (χ3n) is 5.62. The molecule has 0 spiro atoms. The van der Waals surface area contributed by atoms with E-state index in [9.17, 15) is 4.79 Å². The zero-order valence-electron chi connectivity index (χ0n) is 18.3. The van der Waals surface area contributed by atoms with E-state index in [1.165, 1.54) is 14.2 Å². The maximum absolute atomic E-state index is 12.9. The minimum absolute atomic E-state index is 0.0554. The summed E-state index contributed by atoms with van der Waals surface area (Å²) < 4.78 is 16.0. The van der Waals surface area contributed by atoms with Crippen molar-refractivity contribution in [3.8, 4) is 22.9 Å². The van der Waals surface area contributed by atoms with Crippen LogP contribution < -0.4 is 14.8 Å². The van der Waals surface area contributed by atoms with E-state index >= 15 is 0 Å². The number of halogens is 2. The first-order chi connectivity index (χ1) is 16.0. The lowest BCUT2D eigenvalue weighted by atomic mass is 9.95. The number of carbonyl (C=O) groups excluding carboxylic acids is 1. The maximum Gasteiger partial charge on any atom is 0.241 e. The van der Waals surface area contributed by atoms with Gasteiger partial charge in [-0.25, -0.2) is 0 Å². The van der Waals surface area contributed by atoms with Gasteiger partial charge in [0.2, 0.25) is 17.6 Å². The lowest BCUT2D eigenvalue weighted by Gasteiger charge is -2.30. The van der Waals surface area contributed by atoms with Crippen LogP contribution in [0.25, 0.3) is 11.4 Å². The molecule has 10 heteroatoms. The Labute approximate surface area is 201 Å². The molecule has 1 N–H and O–H groups in total. The molecule has 3 aromatic rings. The summed E-state index contributed by atoms with van der Waals surface area (Å²) >= 11 is 12.1. The first-order valence-electron chi connectivity index (χ1n) is 10.5. The maximum atomic E-state index is 12.9. The number of rotatable bonds is 7. The number of nitrogens with one attached hydrogen (secondary N) is 1. The molecule has 8 nitrogen and oxygen atoms in total. The normalized spacial score (nSPS) is 14.8. The molecule has 1 aliphatic heterocycles. The van der Waals surface area contributed by atoms with E-state index in [0.29, 0.717) is 45.5 Å². The van der Waals surface area contributed by atoms with Crippen molar-refractivity contribution in [3.63, 3.8) is 0 Å². The average Bonchev–Trinajstić information content (AvgIpc) is 3.29. The molecular formula is C23H24Cl2N4O4. The highest BCUT2D eigenvalue weighted by Crippen LogP contribution is 2.36. The number of aromatic nitrogens is 2. The second-order valence-electron chi connectivity index (χ2n) is 7.75. The summed E-state index contributed by atoms with van der Waals surface area (Å²) in [6.45, 7) is 2.03. The topological polar surface area (TPSA) is 89.7 Å². The van der Waals surface area contributed by atoms with Gasteiger partial charge in [-0.1, -0.05) is 28.4 Å².